The van der Waals surface area contributed by atoms with Crippen molar-refractivity contribution in [3.63, 3.8) is 0 Å². The van der Waals surface area contributed by atoms with Crippen LogP contribution in [0.3, 0.4) is 0 Å². The van der Waals surface area contributed by atoms with Gasteiger partial charge < -0.3 is 5.32 Å². The zero-order valence-electron chi connectivity index (χ0n) is 12.9. The van der Waals surface area contributed by atoms with Crippen LogP contribution in [0.5, 0.6) is 0 Å². The van der Waals surface area contributed by atoms with Crippen LogP contribution in [0.1, 0.15) is 38.3 Å². The third-order valence-corrected chi connectivity index (χ3v) is 4.85. The second kappa shape index (κ2) is 7.12. The fourth-order valence-corrected chi connectivity index (χ4v) is 3.51. The van der Waals surface area contributed by atoms with Gasteiger partial charge in [0.05, 0.1) is 11.8 Å². The molecule has 0 saturated carbocycles. The smallest absolute Gasteiger partial charge is 0.230 e. The molecular formula is C17H23NO2S. The molecular weight excluding hydrogens is 282 g/mol. The number of benzene rings is 1. The Balaban J connectivity index is 1.88. The van der Waals surface area contributed by atoms with Crippen molar-refractivity contribution in [2.75, 3.05) is 5.75 Å². The van der Waals surface area contributed by atoms with E-state index in [1.54, 1.807) is 0 Å². The minimum Gasteiger partial charge on any atom is -0.345 e. The van der Waals surface area contributed by atoms with Gasteiger partial charge >= 0.3 is 0 Å². The average molecular weight is 305 g/mol. The summed E-state index contributed by atoms with van der Waals surface area (Å²) >= 11 is 1.54. The van der Waals surface area contributed by atoms with Gasteiger partial charge in [-0.25, -0.2) is 0 Å². The summed E-state index contributed by atoms with van der Waals surface area (Å²) in [6.07, 6.45) is 3.56. The molecule has 1 aromatic carbocycles. The number of hydrogen-bond donors (Lipinski definition) is 1. The van der Waals surface area contributed by atoms with E-state index in [0.717, 1.165) is 11.3 Å². The fraction of sp³-hybridized carbons (Fsp3) is 0.529. The van der Waals surface area contributed by atoms with E-state index in [1.807, 2.05) is 13.8 Å². The van der Waals surface area contributed by atoms with E-state index < -0.39 is 0 Å². The number of carbonyl (C=O) groups is 2. The molecule has 0 aliphatic heterocycles. The maximum Gasteiger partial charge on any atom is 0.230 e. The summed E-state index contributed by atoms with van der Waals surface area (Å²) in [5.74, 6) is 0.418. The molecule has 3 nitrogen and oxygen atoms in total. The van der Waals surface area contributed by atoms with E-state index in [1.165, 1.54) is 42.7 Å². The van der Waals surface area contributed by atoms with Crippen LogP contribution in [-0.4, -0.2) is 23.5 Å². The van der Waals surface area contributed by atoms with Crippen molar-refractivity contribution >= 4 is 23.5 Å². The first-order valence-corrected chi connectivity index (χ1v) is 8.50. The van der Waals surface area contributed by atoms with Gasteiger partial charge in [0, 0.05) is 4.90 Å². The Labute approximate surface area is 130 Å². The summed E-state index contributed by atoms with van der Waals surface area (Å²) < 4.78 is 0. The third kappa shape index (κ3) is 4.34. The monoisotopic (exact) mass is 305 g/mol. The highest BCUT2D eigenvalue weighted by Gasteiger charge is 2.20. The van der Waals surface area contributed by atoms with Crippen molar-refractivity contribution in [2.24, 2.45) is 5.92 Å². The number of carbonyl (C=O) groups excluding carboxylic acids is 2. The zero-order valence-corrected chi connectivity index (χ0v) is 13.8. The van der Waals surface area contributed by atoms with Crippen molar-refractivity contribution in [2.45, 2.75) is 51.0 Å². The highest BCUT2D eigenvalue weighted by molar-refractivity contribution is 8.00. The van der Waals surface area contributed by atoms with Gasteiger partial charge in [0.2, 0.25) is 5.91 Å². The average Bonchev–Trinajstić information content (AvgIpc) is 2.89. The molecule has 114 valence electrons. The van der Waals surface area contributed by atoms with E-state index in [4.69, 9.17) is 0 Å². The molecule has 1 atom stereocenters. The van der Waals surface area contributed by atoms with Crippen LogP contribution in [-0.2, 0) is 22.4 Å². The first kappa shape index (κ1) is 16.1. The maximum atomic E-state index is 12.0. The molecule has 4 heteroatoms. The van der Waals surface area contributed by atoms with Gasteiger partial charge in [-0.15, -0.1) is 11.8 Å². The van der Waals surface area contributed by atoms with Gasteiger partial charge in [-0.1, -0.05) is 19.9 Å². The van der Waals surface area contributed by atoms with E-state index in [2.05, 4.69) is 23.5 Å². The Morgan fingerprint density at radius 3 is 2.62 bits per heavy atom. The van der Waals surface area contributed by atoms with Gasteiger partial charge in [0.15, 0.2) is 5.78 Å². The molecule has 0 radical (unpaired) electrons. The van der Waals surface area contributed by atoms with E-state index in [-0.39, 0.29) is 23.7 Å². The SMILES string of the molecule is CC(=O)C(NC(=O)CSc1ccc2c(c1)CCC2)C(C)C. The van der Waals surface area contributed by atoms with Gasteiger partial charge in [0.25, 0.3) is 0 Å². The van der Waals surface area contributed by atoms with Crippen LogP contribution >= 0.6 is 11.8 Å². The van der Waals surface area contributed by atoms with Gasteiger partial charge in [-0.2, -0.15) is 0 Å². The standard InChI is InChI=1S/C17H23NO2S/c1-11(2)17(12(3)19)18-16(20)10-21-15-8-7-13-5-4-6-14(13)9-15/h7-9,11,17H,4-6,10H2,1-3H3,(H,18,20). The number of thioether (sulfide) groups is 1. The van der Waals surface area contributed by atoms with Crippen LogP contribution in [0.4, 0.5) is 0 Å². The Hall–Kier alpha value is -1.29. The number of fused-ring (bicyclic) bond motifs is 1. The molecule has 1 aromatic rings. The van der Waals surface area contributed by atoms with Crippen LogP contribution in [0.2, 0.25) is 0 Å². The lowest BCUT2D eigenvalue weighted by atomic mass is 10.0. The van der Waals surface area contributed by atoms with Crippen molar-refractivity contribution in [1.82, 2.24) is 5.32 Å². The molecule has 1 amide bonds. The van der Waals surface area contributed by atoms with Gasteiger partial charge in [-0.05, 0) is 55.4 Å². The molecule has 0 aromatic heterocycles. The largest absolute Gasteiger partial charge is 0.345 e. The second-order valence-electron chi connectivity index (χ2n) is 5.97. The summed E-state index contributed by atoms with van der Waals surface area (Å²) in [6.45, 7) is 5.42. The van der Waals surface area contributed by atoms with Crippen LogP contribution in [0.25, 0.3) is 0 Å². The Kier molecular flexibility index (Phi) is 5.45. The lowest BCUT2D eigenvalue weighted by Crippen LogP contribution is -2.44. The number of amides is 1. The number of rotatable bonds is 6. The third-order valence-electron chi connectivity index (χ3n) is 3.86. The normalized spacial score (nSPS) is 14.9. The van der Waals surface area contributed by atoms with Crippen LogP contribution < -0.4 is 5.32 Å². The molecule has 1 N–H and O–H groups in total. The van der Waals surface area contributed by atoms with E-state index in [9.17, 15) is 9.59 Å². The summed E-state index contributed by atoms with van der Waals surface area (Å²) in [7, 11) is 0. The Bertz CT molecular complexity index is 540. The summed E-state index contributed by atoms with van der Waals surface area (Å²) in [4.78, 5) is 24.6. The molecule has 2 rings (SSSR count). The first-order valence-electron chi connectivity index (χ1n) is 7.52. The molecule has 0 spiro atoms. The van der Waals surface area contributed by atoms with Crippen LogP contribution in [0, 0.1) is 5.92 Å². The van der Waals surface area contributed by atoms with Crippen molar-refractivity contribution in [3.8, 4) is 0 Å². The molecule has 1 aliphatic rings. The van der Waals surface area contributed by atoms with Crippen molar-refractivity contribution in [3.05, 3.63) is 29.3 Å². The second-order valence-corrected chi connectivity index (χ2v) is 7.02. The molecule has 21 heavy (non-hydrogen) atoms. The van der Waals surface area contributed by atoms with Crippen LogP contribution in [0.15, 0.2) is 23.1 Å². The highest BCUT2D eigenvalue weighted by atomic mass is 32.2. The minimum atomic E-state index is -0.377. The predicted molar refractivity (Wildman–Crippen MR) is 86.6 cm³/mol. The number of Topliss-reactive ketones (excluding diaryl/α,β-unsaturated/α-hetero) is 1. The summed E-state index contributed by atoms with van der Waals surface area (Å²) in [5, 5.41) is 2.83. The van der Waals surface area contributed by atoms with E-state index in [0.29, 0.717) is 5.75 Å². The molecule has 1 unspecified atom stereocenters. The molecule has 0 heterocycles. The Morgan fingerprint density at radius 1 is 1.24 bits per heavy atom. The van der Waals surface area contributed by atoms with Crippen molar-refractivity contribution in [1.29, 1.82) is 0 Å². The Morgan fingerprint density at radius 2 is 1.95 bits per heavy atom. The van der Waals surface area contributed by atoms with Gasteiger partial charge in [-0.3, -0.25) is 9.59 Å². The lowest BCUT2D eigenvalue weighted by molar-refractivity contribution is -0.126. The van der Waals surface area contributed by atoms with Crippen molar-refractivity contribution < 1.29 is 9.59 Å². The lowest BCUT2D eigenvalue weighted by Gasteiger charge is -2.19. The minimum absolute atomic E-state index is 0.0147. The predicted octanol–water partition coefficient (Wildman–Crippen LogP) is 3.00. The quantitative estimate of drug-likeness (QED) is 0.822. The number of nitrogens with one attached hydrogen (secondary N) is 1. The number of aryl methyl sites for hydroxylation is 2. The first-order chi connectivity index (χ1) is 9.97. The zero-order chi connectivity index (χ0) is 15.4. The summed E-state index contributed by atoms with van der Waals surface area (Å²) in [5.41, 5.74) is 2.87. The molecule has 1 aliphatic carbocycles. The summed E-state index contributed by atoms with van der Waals surface area (Å²) in [6, 6.07) is 6.09. The fourth-order valence-electron chi connectivity index (χ4n) is 2.74. The molecule has 0 fully saturated rings. The highest BCUT2D eigenvalue weighted by Crippen LogP contribution is 2.27. The number of hydrogen-bond acceptors (Lipinski definition) is 3. The topological polar surface area (TPSA) is 46.2 Å². The van der Waals surface area contributed by atoms with Gasteiger partial charge in [0.1, 0.15) is 0 Å². The maximum absolute atomic E-state index is 12.0. The van der Waals surface area contributed by atoms with E-state index >= 15 is 0 Å². The molecule has 0 bridgehead atoms. The number of ketones is 1. The molecule has 0 saturated heterocycles.